The topological polar surface area (TPSA) is 63.6 Å². The summed E-state index contributed by atoms with van der Waals surface area (Å²) in [6.07, 6.45) is 10.0. The maximum absolute atomic E-state index is 12.5. The Hall–Kier alpha value is -1.16. The number of rotatable bonds is 3. The SMILES string of the molecule is CCC(=O)OC1CC[C@@]2(CO)C(=CC[C@@H]3[C@H]2CC[C@]2(C)C(=O)CC[C@@H]32)C1. The maximum atomic E-state index is 12.5. The highest BCUT2D eigenvalue weighted by Gasteiger charge is 2.59. The normalized spacial score (nSPS) is 44.6. The molecule has 0 aromatic rings. The maximum Gasteiger partial charge on any atom is 0.305 e. The van der Waals surface area contributed by atoms with Crippen molar-refractivity contribution in [2.24, 2.45) is 28.6 Å². The molecule has 3 fully saturated rings. The average molecular weight is 360 g/mol. The van der Waals surface area contributed by atoms with E-state index in [1.165, 1.54) is 5.57 Å². The first kappa shape index (κ1) is 18.2. The van der Waals surface area contributed by atoms with E-state index < -0.39 is 0 Å². The van der Waals surface area contributed by atoms with E-state index in [0.29, 0.717) is 30.0 Å². The van der Waals surface area contributed by atoms with Crippen molar-refractivity contribution < 1.29 is 19.4 Å². The van der Waals surface area contributed by atoms with Gasteiger partial charge in [-0.05, 0) is 56.3 Å². The third-order valence-corrected chi connectivity index (χ3v) is 8.36. The Labute approximate surface area is 156 Å². The van der Waals surface area contributed by atoms with Crippen LogP contribution in [0.4, 0.5) is 0 Å². The third kappa shape index (κ3) is 2.51. The number of allylic oxidation sites excluding steroid dienone is 1. The molecule has 0 spiro atoms. The summed E-state index contributed by atoms with van der Waals surface area (Å²) in [6.45, 7) is 4.20. The summed E-state index contributed by atoms with van der Waals surface area (Å²) in [7, 11) is 0. The van der Waals surface area contributed by atoms with Gasteiger partial charge in [0.1, 0.15) is 11.9 Å². The molecule has 0 bridgehead atoms. The van der Waals surface area contributed by atoms with Crippen LogP contribution in [0.5, 0.6) is 0 Å². The van der Waals surface area contributed by atoms with Gasteiger partial charge in [-0.3, -0.25) is 9.59 Å². The summed E-state index contributed by atoms with van der Waals surface area (Å²) < 4.78 is 5.61. The Kier molecular flexibility index (Phi) is 4.53. The lowest BCUT2D eigenvalue weighted by Gasteiger charge is -2.57. The monoisotopic (exact) mass is 360 g/mol. The number of carbonyl (C=O) groups excluding carboxylic acids is 2. The molecule has 6 atom stereocenters. The second-order valence-corrected chi connectivity index (χ2v) is 9.28. The van der Waals surface area contributed by atoms with Crippen molar-refractivity contribution in [3.63, 3.8) is 0 Å². The highest BCUT2D eigenvalue weighted by atomic mass is 16.5. The molecule has 4 aliphatic rings. The summed E-state index contributed by atoms with van der Waals surface area (Å²) >= 11 is 0. The van der Waals surface area contributed by atoms with Gasteiger partial charge in [0.25, 0.3) is 0 Å². The second kappa shape index (κ2) is 6.47. The van der Waals surface area contributed by atoms with Gasteiger partial charge in [-0.25, -0.2) is 0 Å². The zero-order valence-corrected chi connectivity index (χ0v) is 16.1. The summed E-state index contributed by atoms with van der Waals surface area (Å²) in [5.41, 5.74) is 1.04. The molecule has 0 amide bonds. The lowest BCUT2D eigenvalue weighted by Crippen LogP contribution is -2.53. The van der Waals surface area contributed by atoms with Crippen molar-refractivity contribution in [3.8, 4) is 0 Å². The van der Waals surface area contributed by atoms with Crippen molar-refractivity contribution in [1.29, 1.82) is 0 Å². The number of esters is 1. The molecule has 4 aliphatic carbocycles. The van der Waals surface area contributed by atoms with E-state index in [4.69, 9.17) is 4.74 Å². The number of ketones is 1. The Balaban J connectivity index is 1.60. The molecule has 4 rings (SSSR count). The fraction of sp³-hybridized carbons (Fsp3) is 0.818. The minimum absolute atomic E-state index is 0.0353. The number of fused-ring (bicyclic) bond motifs is 5. The van der Waals surface area contributed by atoms with E-state index in [0.717, 1.165) is 51.4 Å². The molecular weight excluding hydrogens is 328 g/mol. The molecule has 4 heteroatoms. The van der Waals surface area contributed by atoms with Gasteiger partial charge in [0.05, 0.1) is 6.61 Å². The number of ether oxygens (including phenoxy) is 1. The molecule has 26 heavy (non-hydrogen) atoms. The molecule has 0 aromatic carbocycles. The minimum Gasteiger partial charge on any atom is -0.462 e. The van der Waals surface area contributed by atoms with Gasteiger partial charge in [-0.1, -0.05) is 25.5 Å². The molecule has 1 unspecified atom stereocenters. The molecular formula is C22H32O4. The molecule has 0 heterocycles. The van der Waals surface area contributed by atoms with Gasteiger partial charge in [0.15, 0.2) is 0 Å². The Morgan fingerprint density at radius 2 is 2.08 bits per heavy atom. The number of aliphatic hydroxyl groups excluding tert-OH is 1. The minimum atomic E-state index is -0.148. The number of hydrogen-bond donors (Lipinski definition) is 1. The largest absolute Gasteiger partial charge is 0.462 e. The van der Waals surface area contributed by atoms with Gasteiger partial charge < -0.3 is 9.84 Å². The number of aliphatic hydroxyl groups is 1. The van der Waals surface area contributed by atoms with E-state index in [9.17, 15) is 14.7 Å². The smallest absolute Gasteiger partial charge is 0.305 e. The highest BCUT2D eigenvalue weighted by molar-refractivity contribution is 5.87. The second-order valence-electron chi connectivity index (χ2n) is 9.28. The van der Waals surface area contributed by atoms with Gasteiger partial charge in [-0.2, -0.15) is 0 Å². The van der Waals surface area contributed by atoms with Gasteiger partial charge in [0, 0.05) is 30.1 Å². The van der Waals surface area contributed by atoms with E-state index >= 15 is 0 Å². The first-order valence-corrected chi connectivity index (χ1v) is 10.5. The third-order valence-electron chi connectivity index (χ3n) is 8.36. The van der Waals surface area contributed by atoms with Crippen LogP contribution >= 0.6 is 0 Å². The van der Waals surface area contributed by atoms with E-state index in [-0.39, 0.29) is 29.5 Å². The van der Waals surface area contributed by atoms with Crippen LogP contribution in [0.15, 0.2) is 11.6 Å². The number of hydrogen-bond acceptors (Lipinski definition) is 4. The van der Waals surface area contributed by atoms with Crippen LogP contribution in [0.2, 0.25) is 0 Å². The zero-order chi connectivity index (χ0) is 18.5. The first-order valence-electron chi connectivity index (χ1n) is 10.5. The molecule has 0 radical (unpaired) electrons. The highest BCUT2D eigenvalue weighted by Crippen LogP contribution is 2.64. The summed E-state index contributed by atoms with van der Waals surface area (Å²) in [5.74, 6) is 1.80. The van der Waals surface area contributed by atoms with Crippen molar-refractivity contribution in [2.75, 3.05) is 6.61 Å². The van der Waals surface area contributed by atoms with Crippen LogP contribution in [-0.4, -0.2) is 29.6 Å². The lowest BCUT2D eigenvalue weighted by molar-refractivity contribution is -0.151. The van der Waals surface area contributed by atoms with Crippen LogP contribution in [0, 0.1) is 28.6 Å². The molecule has 0 aromatic heterocycles. The molecule has 1 N–H and O–H groups in total. The quantitative estimate of drug-likeness (QED) is 0.614. The standard InChI is InChI=1S/C22H32O4/c1-3-20(25)26-15-8-11-22(13-23)14(12-15)4-5-16-17-6-7-19(24)21(17,2)10-9-18(16)22/h4,15-18,23H,3,5-13H2,1-2H3/t15?,16-,17-,18+,21-,22+/m0/s1. The molecule has 144 valence electrons. The van der Waals surface area contributed by atoms with Gasteiger partial charge in [0.2, 0.25) is 0 Å². The first-order chi connectivity index (χ1) is 12.4. The summed E-state index contributed by atoms with van der Waals surface area (Å²) in [4.78, 5) is 24.2. The van der Waals surface area contributed by atoms with E-state index in [1.807, 2.05) is 6.92 Å². The van der Waals surface area contributed by atoms with Crippen molar-refractivity contribution in [1.82, 2.24) is 0 Å². The Morgan fingerprint density at radius 1 is 1.27 bits per heavy atom. The van der Waals surface area contributed by atoms with E-state index in [2.05, 4.69) is 13.0 Å². The van der Waals surface area contributed by atoms with Crippen LogP contribution in [0.3, 0.4) is 0 Å². The number of carbonyl (C=O) groups is 2. The fourth-order valence-corrected chi connectivity index (χ4v) is 6.86. The lowest BCUT2D eigenvalue weighted by atomic mass is 9.47. The Morgan fingerprint density at radius 3 is 2.81 bits per heavy atom. The van der Waals surface area contributed by atoms with Crippen molar-refractivity contribution in [2.45, 2.75) is 77.7 Å². The van der Waals surface area contributed by atoms with Crippen LogP contribution < -0.4 is 0 Å². The van der Waals surface area contributed by atoms with Crippen molar-refractivity contribution >= 4 is 11.8 Å². The zero-order valence-electron chi connectivity index (χ0n) is 16.1. The number of Topliss-reactive ketones (excluding diaryl/α,β-unsaturated/α-hetero) is 1. The predicted octanol–water partition coefficient (Wildman–Crippen LogP) is 3.81. The van der Waals surface area contributed by atoms with Crippen LogP contribution in [0.1, 0.15) is 71.6 Å². The fourth-order valence-electron chi connectivity index (χ4n) is 6.86. The van der Waals surface area contributed by atoms with Crippen LogP contribution in [0.25, 0.3) is 0 Å². The Bertz CT molecular complexity index is 638. The average Bonchev–Trinajstić information content (AvgIpc) is 2.96. The predicted molar refractivity (Wildman–Crippen MR) is 98.3 cm³/mol. The van der Waals surface area contributed by atoms with Crippen molar-refractivity contribution in [3.05, 3.63) is 11.6 Å². The van der Waals surface area contributed by atoms with Crippen LogP contribution in [-0.2, 0) is 14.3 Å². The van der Waals surface area contributed by atoms with E-state index in [1.54, 1.807) is 0 Å². The van der Waals surface area contributed by atoms with Gasteiger partial charge in [-0.15, -0.1) is 0 Å². The molecule has 3 saturated carbocycles. The summed E-state index contributed by atoms with van der Waals surface area (Å²) in [6, 6.07) is 0. The summed E-state index contributed by atoms with van der Waals surface area (Å²) in [5, 5.41) is 10.5. The van der Waals surface area contributed by atoms with Gasteiger partial charge >= 0.3 is 5.97 Å². The molecule has 4 nitrogen and oxygen atoms in total. The molecule has 0 aliphatic heterocycles. The molecule has 0 saturated heterocycles.